The van der Waals surface area contributed by atoms with E-state index in [4.69, 9.17) is 4.74 Å². The van der Waals surface area contributed by atoms with Crippen LogP contribution in [0.1, 0.15) is 45.4 Å². The summed E-state index contributed by atoms with van der Waals surface area (Å²) < 4.78 is 5.04. The number of carbonyl (C=O) groups is 2. The lowest BCUT2D eigenvalue weighted by molar-refractivity contribution is -0.154. The number of ketones is 1. The lowest BCUT2D eigenvalue weighted by Crippen LogP contribution is -2.35. The van der Waals surface area contributed by atoms with Crippen LogP contribution in [0, 0.1) is 0 Å². The fraction of sp³-hybridized carbons (Fsp3) is 0.833. The zero-order valence-corrected chi connectivity index (χ0v) is 10.1. The van der Waals surface area contributed by atoms with Crippen LogP contribution in [0.4, 0.5) is 0 Å². The van der Waals surface area contributed by atoms with Crippen LogP contribution >= 0.6 is 0 Å². The van der Waals surface area contributed by atoms with Gasteiger partial charge in [-0.05, 0) is 26.2 Å². The first kappa shape index (κ1) is 14.1. The van der Waals surface area contributed by atoms with Crippen LogP contribution in [-0.2, 0) is 14.3 Å². The van der Waals surface area contributed by atoms with Gasteiger partial charge in [-0.2, -0.15) is 0 Å². The molecule has 1 fully saturated rings. The highest BCUT2D eigenvalue weighted by Gasteiger charge is 2.26. The Labute approximate surface area is 101 Å². The van der Waals surface area contributed by atoms with Gasteiger partial charge in [0.15, 0.2) is 5.78 Å². The fourth-order valence-electron chi connectivity index (χ4n) is 1.90. The number of aliphatic hydroxyl groups excluding tert-OH is 2. The summed E-state index contributed by atoms with van der Waals surface area (Å²) in [5, 5.41) is 19.0. The third-order valence-corrected chi connectivity index (χ3v) is 2.94. The first-order valence-corrected chi connectivity index (χ1v) is 6.10. The first-order valence-electron chi connectivity index (χ1n) is 6.10. The average molecular weight is 244 g/mol. The molecule has 0 aromatic carbocycles. The molecule has 0 bridgehead atoms. The molecule has 0 aromatic heterocycles. The molecule has 0 radical (unpaired) electrons. The van der Waals surface area contributed by atoms with Crippen molar-refractivity contribution in [2.24, 2.45) is 0 Å². The summed E-state index contributed by atoms with van der Waals surface area (Å²) >= 11 is 0. The summed E-state index contributed by atoms with van der Waals surface area (Å²) in [4.78, 5) is 22.8. The van der Waals surface area contributed by atoms with Crippen LogP contribution in [0.25, 0.3) is 0 Å². The molecule has 1 rings (SSSR count). The molecule has 0 spiro atoms. The molecule has 0 amide bonds. The second-order valence-corrected chi connectivity index (χ2v) is 4.58. The molecular formula is C12H20O5. The maximum Gasteiger partial charge on any atom is 0.309 e. The number of hydrogen-bond donors (Lipinski definition) is 2. The first-order chi connectivity index (χ1) is 8.00. The van der Waals surface area contributed by atoms with Gasteiger partial charge in [-0.25, -0.2) is 0 Å². The molecule has 5 nitrogen and oxygen atoms in total. The van der Waals surface area contributed by atoms with Crippen molar-refractivity contribution in [3.8, 4) is 0 Å². The van der Waals surface area contributed by atoms with E-state index in [1.165, 1.54) is 0 Å². The molecule has 0 aromatic rings. The highest BCUT2D eigenvalue weighted by molar-refractivity contribution is 5.90. The van der Waals surface area contributed by atoms with E-state index in [0.29, 0.717) is 6.42 Å². The van der Waals surface area contributed by atoms with Crippen LogP contribution < -0.4 is 0 Å². The van der Waals surface area contributed by atoms with E-state index in [0.717, 1.165) is 25.7 Å². The number of esters is 1. The summed E-state index contributed by atoms with van der Waals surface area (Å²) in [5.41, 5.74) is 0. The van der Waals surface area contributed by atoms with Gasteiger partial charge < -0.3 is 14.9 Å². The Morgan fingerprint density at radius 2 is 1.71 bits per heavy atom. The normalized spacial score (nSPS) is 33.5. The lowest BCUT2D eigenvalue weighted by Gasteiger charge is -2.18. The molecule has 1 aliphatic heterocycles. The molecule has 0 aliphatic carbocycles. The Balaban J connectivity index is 2.61. The molecule has 1 heterocycles. The molecule has 0 unspecified atom stereocenters. The predicted octanol–water partition coefficient (Wildman–Crippen LogP) is 0.563. The van der Waals surface area contributed by atoms with Gasteiger partial charge in [-0.1, -0.05) is 12.8 Å². The van der Waals surface area contributed by atoms with Gasteiger partial charge in [0.05, 0.1) is 12.5 Å². The van der Waals surface area contributed by atoms with E-state index in [9.17, 15) is 19.8 Å². The maximum atomic E-state index is 11.5. The summed E-state index contributed by atoms with van der Waals surface area (Å²) in [6, 6.07) is 0. The van der Waals surface area contributed by atoms with Crippen LogP contribution in [0.3, 0.4) is 0 Å². The molecule has 1 saturated heterocycles. The van der Waals surface area contributed by atoms with Crippen LogP contribution in [0.15, 0.2) is 0 Å². The second kappa shape index (κ2) is 6.71. The van der Waals surface area contributed by atoms with Gasteiger partial charge in [0.25, 0.3) is 0 Å². The number of Topliss-reactive ketones (excluding diaryl/α,β-unsaturated/α-hetero) is 1. The molecule has 98 valence electrons. The zero-order valence-electron chi connectivity index (χ0n) is 10.1. The minimum absolute atomic E-state index is 0.186. The van der Waals surface area contributed by atoms with Crippen molar-refractivity contribution in [2.45, 2.75) is 63.8 Å². The van der Waals surface area contributed by atoms with E-state index in [1.807, 2.05) is 0 Å². The number of cyclic esters (lactones) is 1. The van der Waals surface area contributed by atoms with E-state index in [1.54, 1.807) is 6.92 Å². The summed E-state index contributed by atoms with van der Waals surface area (Å²) in [7, 11) is 0. The third kappa shape index (κ3) is 4.83. The van der Waals surface area contributed by atoms with Crippen LogP contribution in [0.5, 0.6) is 0 Å². The molecular weight excluding hydrogens is 224 g/mol. The molecule has 5 heteroatoms. The number of rotatable bonds is 0. The summed E-state index contributed by atoms with van der Waals surface area (Å²) in [5.74, 6) is -1.28. The van der Waals surface area contributed by atoms with E-state index < -0.39 is 24.0 Å². The Morgan fingerprint density at radius 1 is 1.06 bits per heavy atom. The van der Waals surface area contributed by atoms with Crippen molar-refractivity contribution < 1.29 is 24.5 Å². The predicted molar refractivity (Wildman–Crippen MR) is 60.3 cm³/mol. The van der Waals surface area contributed by atoms with Gasteiger partial charge >= 0.3 is 5.97 Å². The van der Waals surface area contributed by atoms with E-state index in [2.05, 4.69) is 0 Å². The molecule has 3 atom stereocenters. The van der Waals surface area contributed by atoms with Crippen molar-refractivity contribution in [2.75, 3.05) is 0 Å². The molecule has 0 saturated carbocycles. The highest BCUT2D eigenvalue weighted by atomic mass is 16.5. The van der Waals surface area contributed by atoms with Gasteiger partial charge in [-0.3, -0.25) is 9.59 Å². The average Bonchev–Trinajstić information content (AvgIpc) is 2.25. The maximum absolute atomic E-state index is 11.5. The highest BCUT2D eigenvalue weighted by Crippen LogP contribution is 2.14. The Kier molecular flexibility index (Phi) is 5.58. The monoisotopic (exact) mass is 244 g/mol. The van der Waals surface area contributed by atoms with Crippen molar-refractivity contribution in [3.05, 3.63) is 0 Å². The van der Waals surface area contributed by atoms with Gasteiger partial charge in [0.1, 0.15) is 12.2 Å². The quantitative estimate of drug-likeness (QED) is 0.608. The minimum Gasteiger partial charge on any atom is -0.463 e. The Bertz CT molecular complexity index is 276. The van der Waals surface area contributed by atoms with E-state index in [-0.39, 0.29) is 12.5 Å². The minimum atomic E-state index is -1.45. The zero-order chi connectivity index (χ0) is 12.8. The van der Waals surface area contributed by atoms with Gasteiger partial charge in [-0.15, -0.1) is 0 Å². The van der Waals surface area contributed by atoms with Crippen molar-refractivity contribution in [1.82, 2.24) is 0 Å². The fourth-order valence-corrected chi connectivity index (χ4v) is 1.90. The van der Waals surface area contributed by atoms with Crippen molar-refractivity contribution in [1.29, 1.82) is 0 Å². The Hall–Kier alpha value is -0.940. The molecule has 17 heavy (non-hydrogen) atoms. The third-order valence-electron chi connectivity index (χ3n) is 2.94. The van der Waals surface area contributed by atoms with Gasteiger partial charge in [0.2, 0.25) is 0 Å². The topological polar surface area (TPSA) is 83.8 Å². The number of ether oxygens (including phenoxy) is 1. The van der Waals surface area contributed by atoms with Crippen LogP contribution in [0.2, 0.25) is 0 Å². The van der Waals surface area contributed by atoms with E-state index >= 15 is 0 Å². The molecule has 2 N–H and O–H groups in total. The SMILES string of the molecule is C[C@H]1CCCCC[C@H](O)C(=O)[C@H](O)CC(=O)O1. The summed E-state index contributed by atoms with van der Waals surface area (Å²) in [6.45, 7) is 1.80. The van der Waals surface area contributed by atoms with Gasteiger partial charge in [0, 0.05) is 0 Å². The molecule has 1 aliphatic rings. The van der Waals surface area contributed by atoms with Crippen molar-refractivity contribution in [3.63, 3.8) is 0 Å². The smallest absolute Gasteiger partial charge is 0.309 e. The van der Waals surface area contributed by atoms with Crippen LogP contribution in [-0.4, -0.2) is 40.3 Å². The second-order valence-electron chi connectivity index (χ2n) is 4.58. The number of carbonyl (C=O) groups excluding carboxylic acids is 2. The number of hydrogen-bond acceptors (Lipinski definition) is 5. The lowest BCUT2D eigenvalue weighted by atomic mass is 10.0. The van der Waals surface area contributed by atoms with Crippen molar-refractivity contribution >= 4 is 11.8 Å². The standard InChI is InChI=1S/C12H20O5/c1-8-5-3-2-4-6-9(13)12(16)10(14)7-11(15)17-8/h8-10,13-14H,2-7H2,1H3/t8-,9-,10+/m0/s1. The Morgan fingerprint density at radius 3 is 2.41 bits per heavy atom. The largest absolute Gasteiger partial charge is 0.463 e. The number of aliphatic hydroxyl groups is 2. The summed E-state index contributed by atoms with van der Waals surface area (Å²) in [6.07, 6.45) is 0.444.